The Morgan fingerprint density at radius 2 is 2.07 bits per heavy atom. The summed E-state index contributed by atoms with van der Waals surface area (Å²) in [6.07, 6.45) is 3.99. The van der Waals surface area contributed by atoms with Crippen LogP contribution in [-0.4, -0.2) is 58.9 Å². The van der Waals surface area contributed by atoms with Crippen LogP contribution in [0.3, 0.4) is 0 Å². The highest BCUT2D eigenvalue weighted by atomic mass is 16.5. The van der Waals surface area contributed by atoms with Crippen molar-refractivity contribution in [3.05, 3.63) is 41.6 Å². The Balaban J connectivity index is 1.20. The van der Waals surface area contributed by atoms with Gasteiger partial charge in [0.15, 0.2) is 0 Å². The van der Waals surface area contributed by atoms with Crippen LogP contribution in [0.15, 0.2) is 30.3 Å². The first-order valence-electron chi connectivity index (χ1n) is 9.94. The van der Waals surface area contributed by atoms with Crippen LogP contribution in [-0.2, 0) is 4.74 Å². The highest BCUT2D eigenvalue weighted by molar-refractivity contribution is 5.93. The molecule has 1 aromatic carbocycles. The zero-order chi connectivity index (χ0) is 18.4. The Morgan fingerprint density at radius 1 is 1.26 bits per heavy atom. The number of carbonyl (C=O) groups is 1. The normalized spacial score (nSPS) is 28.1. The molecule has 3 aliphatic rings. The molecule has 2 aromatic rings. The molecule has 2 N–H and O–H groups in total. The quantitative estimate of drug-likeness (QED) is 0.872. The number of nitrogens with zero attached hydrogens (tertiary/aromatic N) is 2. The number of aromatic amines is 1. The molecule has 6 heteroatoms. The van der Waals surface area contributed by atoms with Gasteiger partial charge in [-0.25, -0.2) is 0 Å². The largest absolute Gasteiger partial charge is 0.375 e. The van der Waals surface area contributed by atoms with Gasteiger partial charge in [-0.2, -0.15) is 5.10 Å². The Hall–Kier alpha value is -2.18. The summed E-state index contributed by atoms with van der Waals surface area (Å²) in [7, 11) is 0. The van der Waals surface area contributed by atoms with E-state index in [1.807, 2.05) is 18.2 Å². The minimum Gasteiger partial charge on any atom is -0.375 e. The predicted molar refractivity (Wildman–Crippen MR) is 102 cm³/mol. The van der Waals surface area contributed by atoms with E-state index in [2.05, 4.69) is 39.5 Å². The van der Waals surface area contributed by atoms with Crippen LogP contribution in [0, 0.1) is 12.8 Å². The summed E-state index contributed by atoms with van der Waals surface area (Å²) in [5.41, 5.74) is 3.53. The van der Waals surface area contributed by atoms with Crippen molar-refractivity contribution in [2.75, 3.05) is 19.7 Å². The molecule has 3 atom stereocenters. The number of carbonyl (C=O) groups excluding carboxylic acids is 1. The van der Waals surface area contributed by atoms with Gasteiger partial charge >= 0.3 is 0 Å². The van der Waals surface area contributed by atoms with Gasteiger partial charge in [-0.3, -0.25) is 14.8 Å². The molecule has 142 valence electrons. The van der Waals surface area contributed by atoms with Crippen LogP contribution < -0.4 is 5.32 Å². The molecular formula is C21H26N4O2. The molecule has 5 rings (SSSR count). The summed E-state index contributed by atoms with van der Waals surface area (Å²) in [4.78, 5) is 15.2. The van der Waals surface area contributed by atoms with E-state index >= 15 is 0 Å². The molecule has 1 aromatic heterocycles. The highest BCUT2D eigenvalue weighted by Crippen LogP contribution is 2.37. The fourth-order valence-corrected chi connectivity index (χ4v) is 4.33. The number of H-pyrrole nitrogens is 1. The first-order chi connectivity index (χ1) is 13.2. The van der Waals surface area contributed by atoms with Crippen LogP contribution in [0.5, 0.6) is 0 Å². The number of benzene rings is 1. The number of morpholine rings is 1. The number of aromatic nitrogens is 2. The third-order valence-corrected chi connectivity index (χ3v) is 6.10. The van der Waals surface area contributed by atoms with E-state index in [-0.39, 0.29) is 11.9 Å². The number of ether oxygens (including phenoxy) is 1. The van der Waals surface area contributed by atoms with Crippen molar-refractivity contribution in [2.45, 2.75) is 44.4 Å². The van der Waals surface area contributed by atoms with Gasteiger partial charge in [-0.15, -0.1) is 0 Å². The van der Waals surface area contributed by atoms with Crippen LogP contribution in [0.1, 0.15) is 35.3 Å². The molecule has 1 saturated carbocycles. The van der Waals surface area contributed by atoms with Crippen LogP contribution in [0.25, 0.3) is 11.3 Å². The first kappa shape index (κ1) is 17.0. The lowest BCUT2D eigenvalue weighted by Crippen LogP contribution is -2.47. The minimum absolute atomic E-state index is 0.0784. The van der Waals surface area contributed by atoms with E-state index in [9.17, 15) is 4.79 Å². The van der Waals surface area contributed by atoms with Crippen molar-refractivity contribution in [1.29, 1.82) is 0 Å². The maximum atomic E-state index is 12.7. The van der Waals surface area contributed by atoms with E-state index < -0.39 is 0 Å². The van der Waals surface area contributed by atoms with Crippen molar-refractivity contribution < 1.29 is 9.53 Å². The third-order valence-electron chi connectivity index (χ3n) is 6.10. The van der Waals surface area contributed by atoms with Gasteiger partial charge in [0.25, 0.3) is 5.91 Å². The van der Waals surface area contributed by atoms with Gasteiger partial charge in [-0.05, 0) is 38.2 Å². The standard InChI is InChI=1S/C21H26N4O2/c1-13-2-4-14(5-3-13)18-9-19(24-23-18)21(26)22-16-8-17-12-27-20(15-6-7-15)11-25(17)10-16/h2-5,9,15-17,20H,6-8,10-12H2,1H3,(H,22,26)(H,23,24)/t16-,17-,20-/m0/s1. The molecule has 1 amide bonds. The van der Waals surface area contributed by atoms with Crippen LogP contribution >= 0.6 is 0 Å². The second kappa shape index (κ2) is 6.77. The molecule has 3 heterocycles. The zero-order valence-corrected chi connectivity index (χ0v) is 15.6. The fourth-order valence-electron chi connectivity index (χ4n) is 4.33. The molecule has 2 saturated heterocycles. The molecule has 0 unspecified atom stereocenters. The second-order valence-electron chi connectivity index (χ2n) is 8.26. The summed E-state index contributed by atoms with van der Waals surface area (Å²) < 4.78 is 6.04. The van der Waals surface area contributed by atoms with Gasteiger partial charge in [0, 0.05) is 30.7 Å². The van der Waals surface area contributed by atoms with Crippen molar-refractivity contribution in [3.63, 3.8) is 0 Å². The average molecular weight is 366 g/mol. The minimum atomic E-state index is -0.0784. The van der Waals surface area contributed by atoms with E-state index in [0.717, 1.165) is 43.3 Å². The molecular weight excluding hydrogens is 340 g/mol. The molecule has 3 fully saturated rings. The van der Waals surface area contributed by atoms with Crippen molar-refractivity contribution in [1.82, 2.24) is 20.4 Å². The first-order valence-corrected chi connectivity index (χ1v) is 9.94. The van der Waals surface area contributed by atoms with E-state index in [0.29, 0.717) is 17.8 Å². The van der Waals surface area contributed by atoms with Crippen LogP contribution in [0.2, 0.25) is 0 Å². The Labute approximate surface area is 159 Å². The smallest absolute Gasteiger partial charge is 0.269 e. The molecule has 0 bridgehead atoms. The van der Waals surface area contributed by atoms with Gasteiger partial charge in [0.1, 0.15) is 5.69 Å². The number of hydrogen-bond donors (Lipinski definition) is 2. The maximum Gasteiger partial charge on any atom is 0.269 e. The average Bonchev–Trinajstić information content (AvgIpc) is 3.25. The summed E-state index contributed by atoms with van der Waals surface area (Å²) in [6, 6.07) is 10.6. The van der Waals surface area contributed by atoms with Crippen molar-refractivity contribution in [2.24, 2.45) is 5.92 Å². The maximum absolute atomic E-state index is 12.7. The predicted octanol–water partition coefficient (Wildman–Crippen LogP) is 2.37. The number of hydrogen-bond acceptors (Lipinski definition) is 4. The number of nitrogens with one attached hydrogen (secondary N) is 2. The lowest BCUT2D eigenvalue weighted by atomic mass is 10.1. The fraction of sp³-hybridized carbons (Fsp3) is 0.524. The lowest BCUT2D eigenvalue weighted by Gasteiger charge is -2.35. The summed E-state index contributed by atoms with van der Waals surface area (Å²) in [5.74, 6) is 0.690. The molecule has 0 radical (unpaired) electrons. The van der Waals surface area contributed by atoms with Crippen LogP contribution in [0.4, 0.5) is 0 Å². The molecule has 1 aliphatic carbocycles. The number of rotatable bonds is 4. The monoisotopic (exact) mass is 366 g/mol. The summed E-state index contributed by atoms with van der Waals surface area (Å²) in [5, 5.41) is 10.4. The molecule has 27 heavy (non-hydrogen) atoms. The number of amides is 1. The van der Waals surface area contributed by atoms with Gasteiger partial charge < -0.3 is 10.1 Å². The van der Waals surface area contributed by atoms with Crippen molar-refractivity contribution >= 4 is 5.91 Å². The lowest BCUT2D eigenvalue weighted by molar-refractivity contribution is -0.0581. The second-order valence-corrected chi connectivity index (χ2v) is 8.26. The molecule has 0 spiro atoms. The zero-order valence-electron chi connectivity index (χ0n) is 15.6. The summed E-state index contributed by atoms with van der Waals surface area (Å²) >= 11 is 0. The topological polar surface area (TPSA) is 70.2 Å². The Bertz CT molecular complexity index is 827. The SMILES string of the molecule is Cc1ccc(-c2cc(C(=O)N[C@H]3C[C@H]4CO[C@H](C5CC5)CN4C3)[nH]n2)cc1. The van der Waals surface area contributed by atoms with Gasteiger partial charge in [-0.1, -0.05) is 29.8 Å². The molecule has 6 nitrogen and oxygen atoms in total. The summed E-state index contributed by atoms with van der Waals surface area (Å²) in [6.45, 7) is 4.79. The number of fused-ring (bicyclic) bond motifs is 1. The van der Waals surface area contributed by atoms with E-state index in [4.69, 9.17) is 4.74 Å². The third kappa shape index (κ3) is 3.51. The van der Waals surface area contributed by atoms with E-state index in [1.165, 1.54) is 18.4 Å². The van der Waals surface area contributed by atoms with Gasteiger partial charge in [0.2, 0.25) is 0 Å². The van der Waals surface area contributed by atoms with Crippen molar-refractivity contribution in [3.8, 4) is 11.3 Å². The Morgan fingerprint density at radius 3 is 2.85 bits per heavy atom. The van der Waals surface area contributed by atoms with Gasteiger partial charge in [0.05, 0.1) is 18.4 Å². The Kier molecular flexibility index (Phi) is 4.25. The highest BCUT2D eigenvalue weighted by Gasteiger charge is 2.42. The van der Waals surface area contributed by atoms with E-state index in [1.54, 1.807) is 0 Å². The number of aryl methyl sites for hydroxylation is 1. The molecule has 2 aliphatic heterocycles.